The molecule has 1 unspecified atom stereocenters. The lowest BCUT2D eigenvalue weighted by Gasteiger charge is -2.12. The van der Waals surface area contributed by atoms with Gasteiger partial charge in [-0.25, -0.2) is 4.79 Å². The van der Waals surface area contributed by atoms with Crippen molar-refractivity contribution in [1.82, 2.24) is 10.3 Å². The van der Waals surface area contributed by atoms with E-state index in [0.717, 1.165) is 0 Å². The molecule has 0 saturated carbocycles. The second-order valence-electron chi connectivity index (χ2n) is 3.12. The van der Waals surface area contributed by atoms with Gasteiger partial charge in [0.2, 0.25) is 5.91 Å². The zero-order valence-electron chi connectivity index (χ0n) is 8.30. The minimum absolute atomic E-state index is 0.190. The van der Waals surface area contributed by atoms with Crippen molar-refractivity contribution in [1.29, 1.82) is 0 Å². The van der Waals surface area contributed by atoms with Crippen molar-refractivity contribution >= 4 is 11.9 Å². The number of aliphatic carboxylic acids is 1. The fourth-order valence-electron chi connectivity index (χ4n) is 1.17. The van der Waals surface area contributed by atoms with E-state index in [4.69, 9.17) is 5.11 Å². The molecule has 0 saturated heterocycles. The summed E-state index contributed by atoms with van der Waals surface area (Å²) in [4.78, 5) is 25.5. The SMILES string of the molecule is CC(=O)NC(Cc1ccccn1)C(=O)O. The van der Waals surface area contributed by atoms with Gasteiger partial charge in [0.25, 0.3) is 0 Å². The van der Waals surface area contributed by atoms with Crippen LogP contribution in [-0.2, 0) is 16.0 Å². The number of carbonyl (C=O) groups excluding carboxylic acids is 1. The predicted octanol–water partition coefficient (Wildman–Crippen LogP) is 0.213. The fraction of sp³-hybridized carbons (Fsp3) is 0.300. The number of amides is 1. The highest BCUT2D eigenvalue weighted by atomic mass is 16.4. The van der Waals surface area contributed by atoms with Gasteiger partial charge in [0, 0.05) is 25.2 Å². The molecule has 0 aliphatic carbocycles. The number of rotatable bonds is 4. The lowest BCUT2D eigenvalue weighted by molar-refractivity contribution is -0.141. The second-order valence-corrected chi connectivity index (χ2v) is 3.12. The first kappa shape index (κ1) is 11.2. The number of nitrogens with zero attached hydrogens (tertiary/aromatic N) is 1. The lowest BCUT2D eigenvalue weighted by Crippen LogP contribution is -2.41. The van der Waals surface area contributed by atoms with Gasteiger partial charge in [0.1, 0.15) is 6.04 Å². The number of carbonyl (C=O) groups is 2. The Morgan fingerprint density at radius 3 is 2.73 bits per heavy atom. The third kappa shape index (κ3) is 3.76. The molecule has 0 fully saturated rings. The Balaban J connectivity index is 2.67. The zero-order valence-corrected chi connectivity index (χ0v) is 8.30. The van der Waals surface area contributed by atoms with E-state index >= 15 is 0 Å². The maximum absolute atomic E-state index is 10.8. The van der Waals surface area contributed by atoms with Gasteiger partial charge >= 0.3 is 5.97 Å². The number of aromatic nitrogens is 1. The number of hydrogen-bond acceptors (Lipinski definition) is 3. The maximum atomic E-state index is 10.8. The Hall–Kier alpha value is -1.91. The Morgan fingerprint density at radius 1 is 1.53 bits per heavy atom. The highest BCUT2D eigenvalue weighted by molar-refractivity contribution is 5.82. The molecule has 2 N–H and O–H groups in total. The van der Waals surface area contributed by atoms with Crippen LogP contribution in [0.25, 0.3) is 0 Å². The summed E-state index contributed by atoms with van der Waals surface area (Å²) in [6.07, 6.45) is 1.78. The van der Waals surface area contributed by atoms with Crippen molar-refractivity contribution in [2.75, 3.05) is 0 Å². The third-order valence-electron chi connectivity index (χ3n) is 1.81. The van der Waals surface area contributed by atoms with Crippen molar-refractivity contribution in [3.63, 3.8) is 0 Å². The molecule has 1 heterocycles. The number of pyridine rings is 1. The van der Waals surface area contributed by atoms with E-state index in [1.165, 1.54) is 6.92 Å². The molecule has 0 radical (unpaired) electrons. The van der Waals surface area contributed by atoms with Crippen LogP contribution in [0.4, 0.5) is 0 Å². The van der Waals surface area contributed by atoms with Gasteiger partial charge in [-0.15, -0.1) is 0 Å². The van der Waals surface area contributed by atoms with Gasteiger partial charge in [-0.1, -0.05) is 6.07 Å². The number of hydrogen-bond donors (Lipinski definition) is 2. The largest absolute Gasteiger partial charge is 0.480 e. The van der Waals surface area contributed by atoms with Crippen LogP contribution >= 0.6 is 0 Å². The van der Waals surface area contributed by atoms with E-state index in [2.05, 4.69) is 10.3 Å². The molecule has 5 heteroatoms. The van der Waals surface area contributed by atoms with Gasteiger partial charge in [-0.2, -0.15) is 0 Å². The van der Waals surface area contributed by atoms with Gasteiger partial charge < -0.3 is 10.4 Å². The highest BCUT2D eigenvalue weighted by Gasteiger charge is 2.18. The van der Waals surface area contributed by atoms with Crippen molar-refractivity contribution in [2.45, 2.75) is 19.4 Å². The fourth-order valence-corrected chi connectivity index (χ4v) is 1.17. The Labute approximate surface area is 87.1 Å². The molecule has 1 rings (SSSR count). The van der Waals surface area contributed by atoms with Crippen LogP contribution < -0.4 is 5.32 Å². The molecule has 5 nitrogen and oxygen atoms in total. The Kier molecular flexibility index (Phi) is 3.79. The minimum atomic E-state index is -1.06. The summed E-state index contributed by atoms with van der Waals surface area (Å²) in [5, 5.41) is 11.2. The molecule has 0 bridgehead atoms. The summed E-state index contributed by atoms with van der Waals surface area (Å²) >= 11 is 0. The first-order valence-electron chi connectivity index (χ1n) is 4.49. The molecule has 0 aliphatic rings. The van der Waals surface area contributed by atoms with Crippen molar-refractivity contribution in [3.8, 4) is 0 Å². The van der Waals surface area contributed by atoms with Crippen LogP contribution in [-0.4, -0.2) is 28.0 Å². The monoisotopic (exact) mass is 208 g/mol. The predicted molar refractivity (Wildman–Crippen MR) is 53.2 cm³/mol. The quantitative estimate of drug-likeness (QED) is 0.741. The van der Waals surface area contributed by atoms with Gasteiger partial charge in [-0.05, 0) is 12.1 Å². The van der Waals surface area contributed by atoms with Crippen molar-refractivity contribution in [3.05, 3.63) is 30.1 Å². The highest BCUT2D eigenvalue weighted by Crippen LogP contribution is 1.99. The molecular weight excluding hydrogens is 196 g/mol. The van der Waals surface area contributed by atoms with E-state index in [-0.39, 0.29) is 12.3 Å². The summed E-state index contributed by atoms with van der Waals surface area (Å²) < 4.78 is 0. The first-order chi connectivity index (χ1) is 7.09. The topological polar surface area (TPSA) is 79.3 Å². The van der Waals surface area contributed by atoms with E-state index in [1.54, 1.807) is 24.4 Å². The summed E-state index contributed by atoms with van der Waals surface area (Å²) in [6, 6.07) is 4.32. The molecule has 0 spiro atoms. The number of nitrogens with one attached hydrogen (secondary N) is 1. The van der Waals surface area contributed by atoms with E-state index in [0.29, 0.717) is 5.69 Å². The molecule has 1 amide bonds. The van der Waals surface area contributed by atoms with Gasteiger partial charge in [0.05, 0.1) is 0 Å². The molecular formula is C10H12N2O3. The third-order valence-corrected chi connectivity index (χ3v) is 1.81. The first-order valence-corrected chi connectivity index (χ1v) is 4.49. The van der Waals surface area contributed by atoms with E-state index in [1.807, 2.05) is 0 Å². The lowest BCUT2D eigenvalue weighted by atomic mass is 10.1. The summed E-state index contributed by atoms with van der Waals surface area (Å²) in [6.45, 7) is 1.29. The number of carboxylic acid groups (broad SMARTS) is 1. The summed E-state index contributed by atoms with van der Waals surface area (Å²) in [5.41, 5.74) is 0.638. The molecule has 1 aromatic rings. The van der Waals surface area contributed by atoms with Crippen molar-refractivity contribution < 1.29 is 14.7 Å². The standard InChI is InChI=1S/C10H12N2O3/c1-7(13)12-9(10(14)15)6-8-4-2-3-5-11-8/h2-5,9H,6H2,1H3,(H,12,13)(H,14,15). The molecule has 80 valence electrons. The molecule has 1 aromatic heterocycles. The Bertz CT molecular complexity index is 351. The van der Waals surface area contributed by atoms with Crippen LogP contribution in [0.15, 0.2) is 24.4 Å². The normalized spacial score (nSPS) is 11.8. The zero-order chi connectivity index (χ0) is 11.3. The second kappa shape index (κ2) is 5.09. The van der Waals surface area contributed by atoms with Crippen LogP contribution in [0.5, 0.6) is 0 Å². The molecule has 1 atom stereocenters. The maximum Gasteiger partial charge on any atom is 0.326 e. The van der Waals surface area contributed by atoms with Crippen LogP contribution in [0.3, 0.4) is 0 Å². The van der Waals surface area contributed by atoms with E-state index < -0.39 is 12.0 Å². The minimum Gasteiger partial charge on any atom is -0.480 e. The molecule has 0 aliphatic heterocycles. The average Bonchev–Trinajstić information content (AvgIpc) is 2.17. The summed E-state index contributed by atoms with van der Waals surface area (Å²) in [7, 11) is 0. The van der Waals surface area contributed by atoms with E-state index in [9.17, 15) is 9.59 Å². The van der Waals surface area contributed by atoms with Crippen LogP contribution in [0, 0.1) is 0 Å². The molecule has 0 aromatic carbocycles. The number of carboxylic acids is 1. The smallest absolute Gasteiger partial charge is 0.326 e. The van der Waals surface area contributed by atoms with Gasteiger partial charge in [0.15, 0.2) is 0 Å². The van der Waals surface area contributed by atoms with Crippen LogP contribution in [0.2, 0.25) is 0 Å². The summed E-state index contributed by atoms with van der Waals surface area (Å²) in [5.74, 6) is -1.42. The van der Waals surface area contributed by atoms with Gasteiger partial charge in [-0.3, -0.25) is 9.78 Å². The Morgan fingerprint density at radius 2 is 2.27 bits per heavy atom. The van der Waals surface area contributed by atoms with Crippen molar-refractivity contribution in [2.24, 2.45) is 0 Å². The average molecular weight is 208 g/mol. The molecule has 15 heavy (non-hydrogen) atoms. The van der Waals surface area contributed by atoms with Crippen LogP contribution in [0.1, 0.15) is 12.6 Å².